The average molecular weight is 460 g/mol. The van der Waals surface area contributed by atoms with Crippen molar-refractivity contribution in [1.82, 2.24) is 9.97 Å². The van der Waals surface area contributed by atoms with E-state index >= 15 is 0 Å². The molecule has 0 spiro atoms. The Morgan fingerprint density at radius 1 is 1.07 bits per heavy atom. The number of nitrogens with zero attached hydrogens (tertiary/aromatic N) is 2. The lowest BCUT2D eigenvalue weighted by Gasteiger charge is -2.12. The highest BCUT2D eigenvalue weighted by Gasteiger charge is 2.12. The molecule has 0 saturated heterocycles. The number of hydrogen-bond acceptors (Lipinski definition) is 4. The van der Waals surface area contributed by atoms with Crippen molar-refractivity contribution in [2.24, 2.45) is 0 Å². The van der Waals surface area contributed by atoms with Gasteiger partial charge in [0, 0.05) is 27.2 Å². The third kappa shape index (κ3) is 4.22. The van der Waals surface area contributed by atoms with Gasteiger partial charge in [0.25, 0.3) is 0 Å². The Morgan fingerprint density at radius 2 is 1.90 bits per heavy atom. The summed E-state index contributed by atoms with van der Waals surface area (Å²) in [5, 5.41) is 9.31. The molecule has 1 heterocycles. The Kier molecular flexibility index (Phi) is 5.82. The van der Waals surface area contributed by atoms with Crippen molar-refractivity contribution in [2.45, 2.75) is 6.61 Å². The molecule has 0 aliphatic heterocycles. The number of ether oxygens (including phenoxy) is 2. The van der Waals surface area contributed by atoms with Crippen molar-refractivity contribution in [3.63, 3.8) is 0 Å². The zero-order valence-corrected chi connectivity index (χ0v) is 17.8. The lowest BCUT2D eigenvalue weighted by Crippen LogP contribution is -1.99. The Balaban J connectivity index is 1.55. The first-order valence-corrected chi connectivity index (χ1v) is 10.1. The second kappa shape index (κ2) is 8.85. The molecule has 4 aromatic rings. The van der Waals surface area contributed by atoms with Crippen molar-refractivity contribution in [2.75, 3.05) is 7.11 Å². The molecule has 5 nitrogen and oxygen atoms in total. The van der Waals surface area contributed by atoms with Crippen LogP contribution in [0.2, 0.25) is 0 Å². The van der Waals surface area contributed by atoms with E-state index in [2.05, 4.69) is 32.0 Å². The van der Waals surface area contributed by atoms with Gasteiger partial charge in [0.1, 0.15) is 23.9 Å². The third-order valence-electron chi connectivity index (χ3n) is 4.67. The highest BCUT2D eigenvalue weighted by molar-refractivity contribution is 9.10. The monoisotopic (exact) mass is 459 g/mol. The number of H-pyrrole nitrogens is 1. The minimum atomic E-state index is 0.293. The number of rotatable bonds is 6. The molecule has 0 fully saturated rings. The summed E-state index contributed by atoms with van der Waals surface area (Å²) in [4.78, 5) is 7.83. The minimum Gasteiger partial charge on any atom is -0.496 e. The lowest BCUT2D eigenvalue weighted by molar-refractivity contribution is 0.303. The highest BCUT2D eigenvalue weighted by Crippen LogP contribution is 2.33. The van der Waals surface area contributed by atoms with E-state index in [9.17, 15) is 5.26 Å². The summed E-state index contributed by atoms with van der Waals surface area (Å²) in [5.74, 6) is 2.13. The van der Waals surface area contributed by atoms with Crippen molar-refractivity contribution in [3.05, 3.63) is 88.5 Å². The molecule has 0 aliphatic carbocycles. The number of imidazole rings is 1. The van der Waals surface area contributed by atoms with E-state index in [1.165, 1.54) is 0 Å². The van der Waals surface area contributed by atoms with E-state index in [-0.39, 0.29) is 0 Å². The minimum absolute atomic E-state index is 0.293. The number of halogens is 1. The normalized spacial score (nSPS) is 10.4. The summed E-state index contributed by atoms with van der Waals surface area (Å²) in [6.07, 6.45) is 1.79. The molecular weight excluding hydrogens is 442 g/mol. The van der Waals surface area contributed by atoms with Gasteiger partial charge >= 0.3 is 0 Å². The first-order valence-electron chi connectivity index (χ1n) is 9.28. The van der Waals surface area contributed by atoms with E-state index in [1.54, 1.807) is 19.4 Å². The van der Waals surface area contributed by atoms with Crippen LogP contribution in [0.3, 0.4) is 0 Å². The fraction of sp³-hybridized carbons (Fsp3) is 0.0833. The predicted octanol–water partition coefficient (Wildman–Crippen LogP) is 5.97. The topological polar surface area (TPSA) is 70.9 Å². The van der Waals surface area contributed by atoms with Gasteiger partial charge in [0.05, 0.1) is 30.6 Å². The summed E-state index contributed by atoms with van der Waals surface area (Å²) < 4.78 is 12.4. The number of hydrogen-bond donors (Lipinski definition) is 1. The smallest absolute Gasteiger partial charge is 0.137 e. The van der Waals surface area contributed by atoms with E-state index in [4.69, 9.17) is 9.47 Å². The summed E-state index contributed by atoms with van der Waals surface area (Å²) in [6, 6.07) is 23.4. The van der Waals surface area contributed by atoms with E-state index in [0.717, 1.165) is 32.7 Å². The highest BCUT2D eigenvalue weighted by atomic mass is 79.9. The molecule has 0 aliphatic rings. The van der Waals surface area contributed by atoms with Crippen LogP contribution in [0.25, 0.3) is 22.6 Å². The molecule has 0 bridgehead atoms. The summed E-state index contributed by atoms with van der Waals surface area (Å²) in [6.45, 7) is 0.293. The molecule has 1 N–H and O–H groups in total. The number of aromatic nitrogens is 2. The van der Waals surface area contributed by atoms with Gasteiger partial charge in [0.15, 0.2) is 0 Å². The van der Waals surface area contributed by atoms with Crippen molar-refractivity contribution in [1.29, 1.82) is 5.26 Å². The zero-order chi connectivity index (χ0) is 20.9. The molecule has 0 atom stereocenters. The fourth-order valence-corrected chi connectivity index (χ4v) is 3.49. The molecule has 0 unspecified atom stereocenters. The summed E-state index contributed by atoms with van der Waals surface area (Å²) in [5.41, 5.74) is 4.17. The second-order valence-corrected chi connectivity index (χ2v) is 7.49. The first kappa shape index (κ1) is 19.7. The molecule has 1 aromatic heterocycles. The molecule has 148 valence electrons. The third-order valence-corrected chi connectivity index (χ3v) is 5.17. The van der Waals surface area contributed by atoms with Crippen LogP contribution < -0.4 is 9.47 Å². The number of aromatic amines is 1. The van der Waals surface area contributed by atoms with Crippen LogP contribution in [0, 0.1) is 11.3 Å². The van der Waals surface area contributed by atoms with Gasteiger partial charge in [-0.1, -0.05) is 52.3 Å². The van der Waals surface area contributed by atoms with Crippen LogP contribution >= 0.6 is 15.9 Å². The van der Waals surface area contributed by atoms with E-state index in [0.29, 0.717) is 23.7 Å². The average Bonchev–Trinajstić information content (AvgIpc) is 3.28. The lowest BCUT2D eigenvalue weighted by atomic mass is 10.1. The SMILES string of the molecule is COc1cc(OCc2ccc(Br)cc2C#N)ccc1-c1cnc(-c2ccccc2)[nH]1. The second-order valence-electron chi connectivity index (χ2n) is 6.58. The van der Waals surface area contributed by atoms with E-state index < -0.39 is 0 Å². The van der Waals surface area contributed by atoms with Gasteiger partial charge in [-0.05, 0) is 24.3 Å². The van der Waals surface area contributed by atoms with Crippen LogP contribution in [0.5, 0.6) is 11.5 Å². The Bertz CT molecular complexity index is 1210. The first-order chi connectivity index (χ1) is 14.7. The Hall–Kier alpha value is -3.56. The van der Waals surface area contributed by atoms with Crippen molar-refractivity contribution >= 4 is 15.9 Å². The molecule has 0 radical (unpaired) electrons. The Labute approximate surface area is 183 Å². The number of benzene rings is 3. The van der Waals surface area contributed by atoms with Crippen LogP contribution in [-0.2, 0) is 6.61 Å². The summed E-state index contributed by atoms with van der Waals surface area (Å²) in [7, 11) is 1.62. The molecule has 30 heavy (non-hydrogen) atoms. The van der Waals surface area contributed by atoms with Crippen LogP contribution in [-0.4, -0.2) is 17.1 Å². The maximum atomic E-state index is 9.31. The molecule has 0 amide bonds. The number of nitrogens with one attached hydrogen (secondary N) is 1. The molecule has 0 saturated carbocycles. The molecule has 3 aromatic carbocycles. The fourth-order valence-electron chi connectivity index (χ4n) is 3.12. The van der Waals surface area contributed by atoms with Gasteiger partial charge in [0.2, 0.25) is 0 Å². The van der Waals surface area contributed by atoms with Crippen LogP contribution in [0.4, 0.5) is 0 Å². The van der Waals surface area contributed by atoms with Crippen molar-refractivity contribution < 1.29 is 9.47 Å². The van der Waals surface area contributed by atoms with Crippen LogP contribution in [0.1, 0.15) is 11.1 Å². The summed E-state index contributed by atoms with van der Waals surface area (Å²) >= 11 is 3.38. The van der Waals surface area contributed by atoms with Gasteiger partial charge in [-0.3, -0.25) is 0 Å². The standard InChI is InChI=1S/C24H18BrN3O2/c1-29-23-12-20(30-15-17-7-8-19(25)11-18(17)13-26)9-10-21(23)22-14-27-24(28-22)16-5-3-2-4-6-16/h2-12,14H,15H2,1H3,(H,27,28). The van der Waals surface area contributed by atoms with Crippen LogP contribution in [0.15, 0.2) is 77.4 Å². The maximum Gasteiger partial charge on any atom is 0.137 e. The number of nitriles is 1. The van der Waals surface area contributed by atoms with Gasteiger partial charge in [-0.25, -0.2) is 4.98 Å². The van der Waals surface area contributed by atoms with Gasteiger partial charge < -0.3 is 14.5 Å². The largest absolute Gasteiger partial charge is 0.496 e. The molecular formula is C24H18BrN3O2. The quantitative estimate of drug-likeness (QED) is 0.385. The molecule has 6 heteroatoms. The molecule has 4 rings (SSSR count). The zero-order valence-electron chi connectivity index (χ0n) is 16.2. The van der Waals surface area contributed by atoms with Gasteiger partial charge in [-0.15, -0.1) is 0 Å². The predicted molar refractivity (Wildman–Crippen MR) is 119 cm³/mol. The van der Waals surface area contributed by atoms with Gasteiger partial charge in [-0.2, -0.15) is 5.26 Å². The van der Waals surface area contributed by atoms with Crippen molar-refractivity contribution in [3.8, 4) is 40.2 Å². The Morgan fingerprint density at radius 3 is 2.67 bits per heavy atom. The maximum absolute atomic E-state index is 9.31. The number of methoxy groups -OCH3 is 1. The van der Waals surface area contributed by atoms with E-state index in [1.807, 2.05) is 60.7 Å².